The van der Waals surface area contributed by atoms with Gasteiger partial charge in [0.2, 0.25) is 0 Å². The summed E-state index contributed by atoms with van der Waals surface area (Å²) in [6.45, 7) is 2.23. The summed E-state index contributed by atoms with van der Waals surface area (Å²) in [4.78, 5) is 17.1. The molecular formula is C21H18N2O3S. The van der Waals surface area contributed by atoms with Crippen LogP contribution in [0.15, 0.2) is 59.0 Å². The molecule has 1 N–H and O–H groups in total. The Morgan fingerprint density at radius 1 is 1.19 bits per heavy atom. The molecule has 0 saturated carbocycles. The first kappa shape index (κ1) is 17.3. The lowest BCUT2D eigenvalue weighted by Gasteiger charge is -2.09. The number of furan rings is 1. The molecule has 0 aliphatic carbocycles. The van der Waals surface area contributed by atoms with Crippen LogP contribution in [0.25, 0.3) is 21.0 Å². The Bertz CT molecular complexity index is 1080. The van der Waals surface area contributed by atoms with Gasteiger partial charge in [0, 0.05) is 0 Å². The molecule has 136 valence electrons. The van der Waals surface area contributed by atoms with Crippen molar-refractivity contribution in [1.82, 2.24) is 10.3 Å². The molecule has 0 saturated heterocycles. The van der Waals surface area contributed by atoms with E-state index in [1.807, 2.05) is 55.5 Å². The summed E-state index contributed by atoms with van der Waals surface area (Å²) >= 11 is 1.58. The van der Waals surface area contributed by atoms with Crippen molar-refractivity contribution in [1.29, 1.82) is 0 Å². The molecule has 2 heterocycles. The number of rotatable bonds is 5. The number of carbonyl (C=O) groups is 1. The lowest BCUT2D eigenvalue weighted by Crippen LogP contribution is -2.23. The smallest absolute Gasteiger partial charge is 0.255 e. The molecule has 2 aromatic heterocycles. The molecule has 4 rings (SSSR count). The first-order valence-corrected chi connectivity index (χ1v) is 9.33. The summed E-state index contributed by atoms with van der Waals surface area (Å²) in [5.74, 6) is 1.72. The van der Waals surface area contributed by atoms with Crippen LogP contribution >= 0.6 is 11.3 Å². The van der Waals surface area contributed by atoms with E-state index in [0.29, 0.717) is 29.4 Å². The third-order valence-electron chi connectivity index (χ3n) is 4.19. The first-order chi connectivity index (χ1) is 13.1. The molecule has 0 unspecified atom stereocenters. The van der Waals surface area contributed by atoms with E-state index in [2.05, 4.69) is 10.3 Å². The molecule has 5 nitrogen and oxygen atoms in total. The quantitative estimate of drug-likeness (QED) is 0.542. The molecular weight excluding hydrogens is 360 g/mol. The van der Waals surface area contributed by atoms with Crippen molar-refractivity contribution in [2.75, 3.05) is 7.11 Å². The molecule has 1 amide bonds. The number of ether oxygens (including phenoxy) is 1. The van der Waals surface area contributed by atoms with Crippen molar-refractivity contribution < 1.29 is 13.9 Å². The lowest BCUT2D eigenvalue weighted by molar-refractivity contribution is 0.0945. The minimum Gasteiger partial charge on any atom is -0.496 e. The van der Waals surface area contributed by atoms with Gasteiger partial charge in [0.1, 0.15) is 11.5 Å². The fourth-order valence-electron chi connectivity index (χ4n) is 2.83. The Labute approximate surface area is 160 Å². The SMILES string of the molecule is COc1ccc(C)cc1C(=O)NCc1ccc(-c2nc3ccccc3s2)o1. The van der Waals surface area contributed by atoms with E-state index in [-0.39, 0.29) is 5.91 Å². The summed E-state index contributed by atoms with van der Waals surface area (Å²) in [6.07, 6.45) is 0. The van der Waals surface area contributed by atoms with Crippen LogP contribution in [-0.2, 0) is 6.54 Å². The van der Waals surface area contributed by atoms with Gasteiger partial charge in [-0.15, -0.1) is 11.3 Å². The number of hydrogen-bond acceptors (Lipinski definition) is 5. The molecule has 4 aromatic rings. The molecule has 27 heavy (non-hydrogen) atoms. The Kier molecular flexibility index (Phi) is 4.64. The number of carbonyl (C=O) groups excluding carboxylic acids is 1. The zero-order valence-corrected chi connectivity index (χ0v) is 15.8. The molecule has 2 aromatic carbocycles. The van der Waals surface area contributed by atoms with Crippen LogP contribution < -0.4 is 10.1 Å². The van der Waals surface area contributed by atoms with Gasteiger partial charge in [0.05, 0.1) is 29.4 Å². The largest absolute Gasteiger partial charge is 0.496 e. The zero-order valence-electron chi connectivity index (χ0n) is 15.0. The van der Waals surface area contributed by atoms with Crippen molar-refractivity contribution in [3.63, 3.8) is 0 Å². The second-order valence-electron chi connectivity index (χ2n) is 6.14. The second kappa shape index (κ2) is 7.25. The van der Waals surface area contributed by atoms with E-state index in [1.165, 1.54) is 0 Å². The minimum absolute atomic E-state index is 0.200. The molecule has 0 spiro atoms. The number of nitrogens with zero attached hydrogens (tertiary/aromatic N) is 1. The van der Waals surface area contributed by atoms with Crippen molar-refractivity contribution >= 4 is 27.5 Å². The van der Waals surface area contributed by atoms with E-state index in [9.17, 15) is 4.79 Å². The van der Waals surface area contributed by atoms with Crippen LogP contribution in [0.2, 0.25) is 0 Å². The molecule has 0 bridgehead atoms. The van der Waals surface area contributed by atoms with Gasteiger partial charge in [-0.2, -0.15) is 0 Å². The Morgan fingerprint density at radius 3 is 2.85 bits per heavy atom. The van der Waals surface area contributed by atoms with Crippen molar-refractivity contribution in [2.24, 2.45) is 0 Å². The van der Waals surface area contributed by atoms with Crippen molar-refractivity contribution in [3.8, 4) is 16.5 Å². The maximum atomic E-state index is 12.5. The highest BCUT2D eigenvalue weighted by Crippen LogP contribution is 2.31. The molecule has 6 heteroatoms. The predicted molar refractivity (Wildman–Crippen MR) is 106 cm³/mol. The highest BCUT2D eigenvalue weighted by atomic mass is 32.1. The zero-order chi connectivity index (χ0) is 18.8. The third kappa shape index (κ3) is 3.57. The van der Waals surface area contributed by atoms with Gasteiger partial charge < -0.3 is 14.5 Å². The van der Waals surface area contributed by atoms with Crippen molar-refractivity contribution in [3.05, 3.63) is 71.5 Å². The van der Waals surface area contributed by atoms with Crippen LogP contribution in [-0.4, -0.2) is 18.0 Å². The average Bonchev–Trinajstić information content (AvgIpc) is 3.32. The number of fused-ring (bicyclic) bond motifs is 1. The Balaban J connectivity index is 1.48. The van der Waals surface area contributed by atoms with Crippen LogP contribution in [0.4, 0.5) is 0 Å². The third-order valence-corrected chi connectivity index (χ3v) is 5.24. The minimum atomic E-state index is -0.200. The number of thiazole rings is 1. The Hall–Kier alpha value is -3.12. The predicted octanol–water partition coefficient (Wildman–Crippen LogP) is 4.80. The standard InChI is InChI=1S/C21H18N2O3S/c1-13-7-9-17(25-2)15(11-13)20(24)22-12-14-8-10-18(26-14)21-23-16-5-3-4-6-19(16)27-21/h3-11H,12H2,1-2H3,(H,22,24). The molecule has 0 aliphatic heterocycles. The molecule has 0 fully saturated rings. The first-order valence-electron chi connectivity index (χ1n) is 8.51. The lowest BCUT2D eigenvalue weighted by atomic mass is 10.1. The van der Waals surface area contributed by atoms with Crippen LogP contribution in [0.1, 0.15) is 21.7 Å². The fraction of sp³-hybridized carbons (Fsp3) is 0.143. The number of methoxy groups -OCH3 is 1. The summed E-state index contributed by atoms with van der Waals surface area (Å²) < 4.78 is 12.3. The van der Waals surface area contributed by atoms with E-state index in [0.717, 1.165) is 20.8 Å². The number of aromatic nitrogens is 1. The van der Waals surface area contributed by atoms with Gasteiger partial charge in [-0.25, -0.2) is 4.98 Å². The normalized spacial score (nSPS) is 10.9. The monoisotopic (exact) mass is 378 g/mol. The summed E-state index contributed by atoms with van der Waals surface area (Å²) in [5.41, 5.74) is 2.46. The van der Waals surface area contributed by atoms with E-state index >= 15 is 0 Å². The van der Waals surface area contributed by atoms with E-state index < -0.39 is 0 Å². The van der Waals surface area contributed by atoms with Crippen LogP contribution in [0, 0.1) is 6.92 Å². The van der Waals surface area contributed by atoms with E-state index in [4.69, 9.17) is 9.15 Å². The maximum Gasteiger partial charge on any atom is 0.255 e. The average molecular weight is 378 g/mol. The highest BCUT2D eigenvalue weighted by Gasteiger charge is 2.14. The summed E-state index contributed by atoms with van der Waals surface area (Å²) in [5, 5.41) is 3.71. The van der Waals surface area contributed by atoms with Gasteiger partial charge in [-0.3, -0.25) is 4.79 Å². The van der Waals surface area contributed by atoms with Gasteiger partial charge >= 0.3 is 0 Å². The van der Waals surface area contributed by atoms with Gasteiger partial charge in [0.25, 0.3) is 5.91 Å². The molecule has 0 atom stereocenters. The summed E-state index contributed by atoms with van der Waals surface area (Å²) in [7, 11) is 1.55. The summed E-state index contributed by atoms with van der Waals surface area (Å²) in [6, 6.07) is 17.2. The second-order valence-corrected chi connectivity index (χ2v) is 7.17. The number of nitrogens with one attached hydrogen (secondary N) is 1. The molecule has 0 radical (unpaired) electrons. The van der Waals surface area contributed by atoms with Gasteiger partial charge in [-0.05, 0) is 43.3 Å². The van der Waals surface area contributed by atoms with E-state index in [1.54, 1.807) is 24.5 Å². The van der Waals surface area contributed by atoms with Crippen LogP contribution in [0.3, 0.4) is 0 Å². The number of amides is 1. The number of hydrogen-bond donors (Lipinski definition) is 1. The number of para-hydroxylation sites is 1. The van der Waals surface area contributed by atoms with Gasteiger partial charge in [0.15, 0.2) is 10.8 Å². The van der Waals surface area contributed by atoms with Gasteiger partial charge in [-0.1, -0.05) is 23.8 Å². The Morgan fingerprint density at radius 2 is 2.04 bits per heavy atom. The topological polar surface area (TPSA) is 64.4 Å². The fourth-order valence-corrected chi connectivity index (χ4v) is 3.75. The maximum absolute atomic E-state index is 12.5. The van der Waals surface area contributed by atoms with Crippen molar-refractivity contribution in [2.45, 2.75) is 13.5 Å². The highest BCUT2D eigenvalue weighted by molar-refractivity contribution is 7.21. The molecule has 0 aliphatic rings. The van der Waals surface area contributed by atoms with Crippen LogP contribution in [0.5, 0.6) is 5.75 Å². The number of aryl methyl sites for hydroxylation is 1. The number of benzene rings is 2.